The van der Waals surface area contributed by atoms with Gasteiger partial charge in [-0.1, -0.05) is 159 Å². The zero-order valence-corrected chi connectivity index (χ0v) is 33.3. The quantitative estimate of drug-likeness (QED) is 0.175. The van der Waals surface area contributed by atoms with Crippen LogP contribution < -0.4 is 0 Å². The Balaban J connectivity index is 1.07. The first kappa shape index (κ1) is 33.9. The van der Waals surface area contributed by atoms with E-state index in [2.05, 4.69) is 140 Å². The Morgan fingerprint density at radius 2 is 0.983 bits per heavy atom. The van der Waals surface area contributed by atoms with Crippen LogP contribution in [-0.4, -0.2) is 19.5 Å². The normalized spacial score (nSPS) is 13.1. The van der Waals surface area contributed by atoms with Crippen LogP contribution >= 0.6 is 11.3 Å². The monoisotopic (exact) mass is 772 g/mol. The minimum atomic E-state index is -0.0497. The summed E-state index contributed by atoms with van der Waals surface area (Å²) in [6, 6.07) is 65.0. The summed E-state index contributed by atoms with van der Waals surface area (Å²) < 4.78 is 5.12. The third kappa shape index (κ3) is 5.18. The number of aromatic nitrogens is 4. The Morgan fingerprint density at radius 3 is 1.71 bits per heavy atom. The van der Waals surface area contributed by atoms with Crippen molar-refractivity contribution < 1.29 is 0 Å². The van der Waals surface area contributed by atoms with Gasteiger partial charge in [0.05, 0.1) is 11.0 Å². The Bertz CT molecular complexity index is 3400. The predicted molar refractivity (Wildman–Crippen MR) is 246 cm³/mol. The summed E-state index contributed by atoms with van der Waals surface area (Å²) in [4.78, 5) is 15.0. The van der Waals surface area contributed by atoms with E-state index in [0.29, 0.717) is 17.5 Å². The van der Waals surface area contributed by atoms with Gasteiger partial charge in [0.1, 0.15) is 0 Å². The second-order valence-electron chi connectivity index (χ2n) is 16.0. The van der Waals surface area contributed by atoms with Gasteiger partial charge in [-0.3, -0.25) is 0 Å². The molecule has 4 nitrogen and oxygen atoms in total. The minimum absolute atomic E-state index is 0.0497. The molecular weight excluding hydrogens is 737 g/mol. The maximum atomic E-state index is 5.04. The largest absolute Gasteiger partial charge is 0.309 e. The SMILES string of the molecule is CC1(C)c2ccccc2-c2c1ccc1c2sc2c1ccc1c2c2cc(-c3cccc(-c4nc(-c5ccccc5)nc(-c5ccccc5)n4)c3)ccc2n1-c1ccccc1. The Hall–Kier alpha value is -7.21. The zero-order valence-electron chi connectivity index (χ0n) is 32.5. The molecule has 3 heterocycles. The minimum Gasteiger partial charge on any atom is -0.309 e. The highest BCUT2D eigenvalue weighted by Gasteiger charge is 2.37. The number of rotatable bonds is 5. The highest BCUT2D eigenvalue weighted by atomic mass is 32.1. The summed E-state index contributed by atoms with van der Waals surface area (Å²) in [5.74, 6) is 1.95. The highest BCUT2D eigenvalue weighted by Crippen LogP contribution is 2.55. The van der Waals surface area contributed by atoms with E-state index < -0.39 is 0 Å². The molecule has 0 spiro atoms. The summed E-state index contributed by atoms with van der Waals surface area (Å²) in [5, 5.41) is 5.15. The molecule has 59 heavy (non-hydrogen) atoms. The van der Waals surface area contributed by atoms with Crippen molar-refractivity contribution in [2.24, 2.45) is 0 Å². The molecule has 8 aromatic carbocycles. The van der Waals surface area contributed by atoms with Crippen molar-refractivity contribution in [3.63, 3.8) is 0 Å². The first-order chi connectivity index (χ1) is 29.0. The fraction of sp³-hybridized carbons (Fsp3) is 0.0556. The number of hydrogen-bond donors (Lipinski definition) is 0. The Kier molecular flexibility index (Phi) is 7.41. The van der Waals surface area contributed by atoms with Crippen molar-refractivity contribution in [1.29, 1.82) is 0 Å². The summed E-state index contributed by atoms with van der Waals surface area (Å²) in [6.45, 7) is 4.73. The predicted octanol–water partition coefficient (Wildman–Crippen LogP) is 14.3. The Morgan fingerprint density at radius 1 is 0.424 bits per heavy atom. The van der Waals surface area contributed by atoms with Crippen LogP contribution in [0.4, 0.5) is 0 Å². The molecule has 0 N–H and O–H groups in total. The zero-order chi connectivity index (χ0) is 39.2. The molecule has 1 aliphatic carbocycles. The fourth-order valence-corrected chi connectivity index (χ4v) is 10.8. The molecule has 0 radical (unpaired) electrons. The van der Waals surface area contributed by atoms with Crippen molar-refractivity contribution in [2.45, 2.75) is 19.3 Å². The molecule has 278 valence electrons. The van der Waals surface area contributed by atoms with Crippen LogP contribution in [0, 0.1) is 0 Å². The van der Waals surface area contributed by atoms with Crippen molar-refractivity contribution in [3.05, 3.63) is 193 Å². The number of para-hydroxylation sites is 1. The van der Waals surface area contributed by atoms with E-state index in [4.69, 9.17) is 15.0 Å². The molecule has 0 aliphatic heterocycles. The number of thiophene rings is 1. The molecular formula is C54H36N4S. The number of fused-ring (bicyclic) bond motifs is 11. The van der Waals surface area contributed by atoms with Gasteiger partial charge in [0.15, 0.2) is 17.5 Å². The Labute approximate surface area is 345 Å². The lowest BCUT2D eigenvalue weighted by atomic mass is 9.82. The van der Waals surface area contributed by atoms with Crippen LogP contribution in [0.1, 0.15) is 25.0 Å². The molecule has 3 aromatic heterocycles. The maximum Gasteiger partial charge on any atom is 0.164 e. The van der Waals surface area contributed by atoms with Crippen LogP contribution in [0.2, 0.25) is 0 Å². The van der Waals surface area contributed by atoms with Crippen molar-refractivity contribution in [2.75, 3.05) is 0 Å². The third-order valence-electron chi connectivity index (χ3n) is 12.2. The van der Waals surface area contributed by atoms with E-state index in [1.165, 1.54) is 64.2 Å². The van der Waals surface area contributed by atoms with E-state index >= 15 is 0 Å². The van der Waals surface area contributed by atoms with E-state index in [0.717, 1.165) is 33.5 Å². The summed E-state index contributed by atoms with van der Waals surface area (Å²) >= 11 is 1.95. The molecule has 12 rings (SSSR count). The van der Waals surface area contributed by atoms with Gasteiger partial charge in [0, 0.05) is 64.3 Å². The smallest absolute Gasteiger partial charge is 0.164 e. The van der Waals surface area contributed by atoms with Gasteiger partial charge in [0.2, 0.25) is 0 Å². The molecule has 0 bridgehead atoms. The molecule has 0 atom stereocenters. The molecule has 0 amide bonds. The third-order valence-corrected chi connectivity index (χ3v) is 13.5. The summed E-state index contributed by atoms with van der Waals surface area (Å²) in [7, 11) is 0. The van der Waals surface area contributed by atoms with E-state index in [9.17, 15) is 0 Å². The summed E-state index contributed by atoms with van der Waals surface area (Å²) in [6.07, 6.45) is 0. The van der Waals surface area contributed by atoms with Crippen LogP contribution in [0.3, 0.4) is 0 Å². The molecule has 0 fully saturated rings. The lowest BCUT2D eigenvalue weighted by molar-refractivity contribution is 0.661. The fourth-order valence-electron chi connectivity index (χ4n) is 9.39. The average molecular weight is 773 g/mol. The van der Waals surface area contributed by atoms with Gasteiger partial charge in [-0.2, -0.15) is 0 Å². The molecule has 5 heteroatoms. The van der Waals surface area contributed by atoms with Gasteiger partial charge in [-0.15, -0.1) is 11.3 Å². The lowest BCUT2D eigenvalue weighted by Crippen LogP contribution is -2.14. The molecule has 11 aromatic rings. The lowest BCUT2D eigenvalue weighted by Gasteiger charge is -2.21. The molecule has 0 saturated heterocycles. The van der Waals surface area contributed by atoms with Gasteiger partial charge < -0.3 is 4.57 Å². The van der Waals surface area contributed by atoms with E-state index in [1.807, 2.05) is 72.0 Å². The number of hydrogen-bond acceptors (Lipinski definition) is 4. The molecule has 0 unspecified atom stereocenters. The standard InChI is InChI=1S/C54H36N4S/c1-54(2)43-24-13-12-23-41(43)47-44(54)28-26-39-40-27-30-46-48(50(40)59-49(39)47)42-32-36(25-29-45(42)58(46)38-21-10-5-11-22-38)35-19-14-20-37(31-35)53-56-51(33-15-6-3-7-16-33)55-52(57-53)34-17-8-4-9-18-34/h3-32H,1-2H3. The first-order valence-corrected chi connectivity index (χ1v) is 20.9. The van der Waals surface area contributed by atoms with Crippen molar-refractivity contribution in [1.82, 2.24) is 19.5 Å². The number of benzene rings is 8. The van der Waals surface area contributed by atoms with E-state index in [1.54, 1.807) is 0 Å². The van der Waals surface area contributed by atoms with Crippen molar-refractivity contribution in [3.8, 4) is 62.1 Å². The van der Waals surface area contributed by atoms with Gasteiger partial charge in [-0.25, -0.2) is 15.0 Å². The molecule has 0 saturated carbocycles. The van der Waals surface area contributed by atoms with Gasteiger partial charge in [-0.05, 0) is 64.2 Å². The average Bonchev–Trinajstić information content (AvgIpc) is 3.92. The van der Waals surface area contributed by atoms with Crippen LogP contribution in [0.25, 0.3) is 104 Å². The number of nitrogens with zero attached hydrogens (tertiary/aromatic N) is 4. The van der Waals surface area contributed by atoms with Crippen LogP contribution in [-0.2, 0) is 5.41 Å². The van der Waals surface area contributed by atoms with Crippen LogP contribution in [0.5, 0.6) is 0 Å². The maximum absolute atomic E-state index is 5.04. The van der Waals surface area contributed by atoms with E-state index in [-0.39, 0.29) is 5.41 Å². The topological polar surface area (TPSA) is 43.6 Å². The van der Waals surface area contributed by atoms with Gasteiger partial charge in [0.25, 0.3) is 0 Å². The highest BCUT2D eigenvalue weighted by molar-refractivity contribution is 7.27. The van der Waals surface area contributed by atoms with Gasteiger partial charge >= 0.3 is 0 Å². The van der Waals surface area contributed by atoms with Crippen molar-refractivity contribution >= 4 is 53.3 Å². The second-order valence-corrected chi connectivity index (χ2v) is 17.0. The first-order valence-electron chi connectivity index (χ1n) is 20.1. The summed E-state index contributed by atoms with van der Waals surface area (Å²) in [5.41, 5.74) is 14.2. The molecule has 1 aliphatic rings. The van der Waals surface area contributed by atoms with Crippen LogP contribution in [0.15, 0.2) is 182 Å². The second kappa shape index (κ2) is 12.9.